The molecular weight excluding hydrogens is 526 g/mol. The van der Waals surface area contributed by atoms with E-state index in [0.29, 0.717) is 19.6 Å². The number of primary amides is 1. The van der Waals surface area contributed by atoms with Gasteiger partial charge in [-0.05, 0) is 54.5 Å². The molecule has 1 heterocycles. The molecule has 0 fully saturated rings. The first-order valence-corrected chi connectivity index (χ1v) is 14.4. The lowest BCUT2D eigenvalue weighted by molar-refractivity contribution is -0.130. The highest BCUT2D eigenvalue weighted by Gasteiger charge is 2.47. The van der Waals surface area contributed by atoms with Gasteiger partial charge in [0.15, 0.2) is 0 Å². The molecule has 1 unspecified atom stereocenters. The molecule has 0 saturated heterocycles. The number of nitrogens with zero attached hydrogens (tertiary/aromatic N) is 2. The van der Waals surface area contributed by atoms with Crippen LogP contribution < -0.4 is 11.1 Å². The van der Waals surface area contributed by atoms with E-state index in [4.69, 9.17) is 5.73 Å². The number of aryl methyl sites for hydroxylation is 1. The van der Waals surface area contributed by atoms with Crippen molar-refractivity contribution in [1.82, 2.24) is 10.2 Å². The summed E-state index contributed by atoms with van der Waals surface area (Å²) in [4.78, 5) is 32.7. The Bertz CT molecular complexity index is 1240. The molecule has 1 aliphatic heterocycles. The van der Waals surface area contributed by atoms with Crippen molar-refractivity contribution >= 4 is 18.0 Å². The van der Waals surface area contributed by atoms with Gasteiger partial charge in [-0.2, -0.15) is 0 Å². The van der Waals surface area contributed by atoms with Crippen LogP contribution in [0.3, 0.4) is 0 Å². The third kappa shape index (κ3) is 8.30. The van der Waals surface area contributed by atoms with Crippen LogP contribution >= 0.6 is 0 Å². The molecule has 3 atom stereocenters. The average molecular weight is 569 g/mol. The third-order valence-corrected chi connectivity index (χ3v) is 7.56. The van der Waals surface area contributed by atoms with E-state index in [2.05, 4.69) is 23.3 Å². The Morgan fingerprint density at radius 2 is 1.71 bits per heavy atom. The second-order valence-electron chi connectivity index (χ2n) is 10.7. The van der Waals surface area contributed by atoms with E-state index < -0.39 is 35.0 Å². The summed E-state index contributed by atoms with van der Waals surface area (Å²) in [5.41, 5.74) is 7.13. The van der Waals surface area contributed by atoms with Crippen molar-refractivity contribution in [3.63, 3.8) is 0 Å². The molecule has 9 heteroatoms. The maximum Gasteiger partial charge on any atom is 0.255 e. The van der Waals surface area contributed by atoms with Crippen molar-refractivity contribution in [2.45, 2.75) is 59.1 Å². The van der Waals surface area contributed by atoms with Crippen LogP contribution in [0, 0.1) is 23.0 Å². The molecule has 0 aliphatic carbocycles. The van der Waals surface area contributed by atoms with Crippen molar-refractivity contribution in [3.8, 4) is 0 Å². The summed E-state index contributed by atoms with van der Waals surface area (Å²) in [6.07, 6.45) is 4.14. The number of carbonyl (C=O) groups excluding carboxylic acids is 2. The molecule has 4 N–H and O–H groups in total. The highest BCUT2D eigenvalue weighted by molar-refractivity contribution is 6.13. The molecule has 41 heavy (non-hydrogen) atoms. The lowest BCUT2D eigenvalue weighted by atomic mass is 9.67. The van der Waals surface area contributed by atoms with Gasteiger partial charge in [0.25, 0.3) is 5.91 Å². The van der Waals surface area contributed by atoms with E-state index in [-0.39, 0.29) is 36.6 Å². The first-order valence-electron chi connectivity index (χ1n) is 14.4. The summed E-state index contributed by atoms with van der Waals surface area (Å²) in [5, 5.41) is 14.8. The van der Waals surface area contributed by atoms with Crippen LogP contribution in [0.25, 0.3) is 0 Å². The summed E-state index contributed by atoms with van der Waals surface area (Å²) in [6, 6.07) is 11.2. The zero-order valence-corrected chi connectivity index (χ0v) is 24.2. The first-order chi connectivity index (χ1) is 19.6. The highest BCUT2D eigenvalue weighted by Crippen LogP contribution is 2.38. The standard InChI is InChI=1S/C32H42F2N4O3/c1-4-10-38(11-5-2)30(40)25-17-32(31(35)41,21-37-19-25)28(15-24-13-26(33)16-27(34)14-24)29(39)20-36-18-23-9-7-8-22(6-3)12-23/h7-9,12-14,16-17,19,28-29,36,39H,4-6,10-11,15,18,20-21H2,1-3H3,(H2,35,41)/t28-,29+,32?/m1/s1. The minimum atomic E-state index is -1.56. The van der Waals surface area contributed by atoms with E-state index in [1.54, 1.807) is 4.90 Å². The predicted molar refractivity (Wildman–Crippen MR) is 157 cm³/mol. The van der Waals surface area contributed by atoms with E-state index in [0.717, 1.165) is 30.9 Å². The van der Waals surface area contributed by atoms with Crippen LogP contribution in [0.15, 0.2) is 59.1 Å². The summed E-state index contributed by atoms with van der Waals surface area (Å²) in [6.45, 7) is 7.55. The van der Waals surface area contributed by atoms with Crippen LogP contribution in [-0.4, -0.2) is 60.3 Å². The van der Waals surface area contributed by atoms with Crippen LogP contribution in [-0.2, 0) is 29.0 Å². The number of nitrogens with one attached hydrogen (secondary N) is 1. The molecule has 1 aliphatic rings. The van der Waals surface area contributed by atoms with Crippen molar-refractivity contribution in [3.05, 3.63) is 82.4 Å². The van der Waals surface area contributed by atoms with Crippen molar-refractivity contribution in [1.29, 1.82) is 0 Å². The first kappa shape index (κ1) is 32.1. The summed E-state index contributed by atoms with van der Waals surface area (Å²) >= 11 is 0. The number of hydrogen-bond acceptors (Lipinski definition) is 5. The number of nitrogens with two attached hydrogens (primary N) is 1. The van der Waals surface area contributed by atoms with Gasteiger partial charge in [0, 0.05) is 44.4 Å². The van der Waals surface area contributed by atoms with Crippen LogP contribution in [0.2, 0.25) is 0 Å². The predicted octanol–water partition coefficient (Wildman–Crippen LogP) is 3.97. The normalized spacial score (nSPS) is 18.0. The zero-order chi connectivity index (χ0) is 30.0. The van der Waals surface area contributed by atoms with Crippen molar-refractivity contribution in [2.75, 3.05) is 26.2 Å². The number of aliphatic hydroxyl groups excluding tert-OH is 1. The van der Waals surface area contributed by atoms with Crippen LogP contribution in [0.5, 0.6) is 0 Å². The van der Waals surface area contributed by atoms with Crippen molar-refractivity contribution in [2.24, 2.45) is 22.1 Å². The molecule has 2 aromatic carbocycles. The topological polar surface area (TPSA) is 108 Å². The van der Waals surface area contributed by atoms with E-state index in [1.165, 1.54) is 30.0 Å². The summed E-state index contributed by atoms with van der Waals surface area (Å²) < 4.78 is 28.3. The van der Waals surface area contributed by atoms with E-state index >= 15 is 0 Å². The smallest absolute Gasteiger partial charge is 0.255 e. The lowest BCUT2D eigenvalue weighted by Gasteiger charge is -2.40. The lowest BCUT2D eigenvalue weighted by Crippen LogP contribution is -2.53. The van der Waals surface area contributed by atoms with Gasteiger partial charge in [-0.3, -0.25) is 14.6 Å². The highest BCUT2D eigenvalue weighted by atomic mass is 19.1. The second-order valence-corrected chi connectivity index (χ2v) is 10.7. The van der Waals surface area contributed by atoms with Gasteiger partial charge in [0.2, 0.25) is 5.91 Å². The number of benzene rings is 2. The number of aliphatic hydroxyl groups is 1. The SMILES string of the molecule is CCCN(CCC)C(=O)C1=CC(C(N)=O)([C@H](Cc2cc(F)cc(F)c2)[C@@H](O)CNCc2cccc(CC)c2)CN=C1. The number of hydrogen-bond donors (Lipinski definition) is 3. The number of aliphatic imine (C=N–C) groups is 1. The fourth-order valence-corrected chi connectivity index (χ4v) is 5.48. The maximum absolute atomic E-state index is 14.1. The Balaban J connectivity index is 1.97. The van der Waals surface area contributed by atoms with Crippen LogP contribution in [0.1, 0.15) is 50.3 Å². The van der Waals surface area contributed by atoms with Crippen LogP contribution in [0.4, 0.5) is 8.78 Å². The maximum atomic E-state index is 14.1. The monoisotopic (exact) mass is 568 g/mol. The quantitative estimate of drug-likeness (QED) is 0.302. The molecule has 0 radical (unpaired) electrons. The van der Waals surface area contributed by atoms with Gasteiger partial charge >= 0.3 is 0 Å². The number of halogens is 2. The molecule has 2 aromatic rings. The van der Waals surface area contributed by atoms with E-state index in [9.17, 15) is 23.5 Å². The van der Waals surface area contributed by atoms with Gasteiger partial charge < -0.3 is 21.1 Å². The summed E-state index contributed by atoms with van der Waals surface area (Å²) in [5.74, 6) is -3.51. The molecule has 7 nitrogen and oxygen atoms in total. The van der Waals surface area contributed by atoms with Gasteiger partial charge in [-0.1, -0.05) is 51.1 Å². The number of amides is 2. The fourth-order valence-electron chi connectivity index (χ4n) is 5.48. The van der Waals surface area contributed by atoms with E-state index in [1.807, 2.05) is 32.0 Å². The number of carbonyl (C=O) groups is 2. The summed E-state index contributed by atoms with van der Waals surface area (Å²) in [7, 11) is 0. The third-order valence-electron chi connectivity index (χ3n) is 7.56. The largest absolute Gasteiger partial charge is 0.391 e. The number of dihydropyridines is 1. The Morgan fingerprint density at radius 1 is 1.05 bits per heavy atom. The van der Waals surface area contributed by atoms with Crippen molar-refractivity contribution < 1.29 is 23.5 Å². The van der Waals surface area contributed by atoms with Gasteiger partial charge in [-0.15, -0.1) is 0 Å². The molecule has 3 rings (SSSR count). The molecule has 0 spiro atoms. The minimum Gasteiger partial charge on any atom is -0.391 e. The second kappa shape index (κ2) is 15.0. The van der Waals surface area contributed by atoms with Gasteiger partial charge in [-0.25, -0.2) is 8.78 Å². The zero-order valence-electron chi connectivity index (χ0n) is 24.2. The molecule has 0 aromatic heterocycles. The minimum absolute atomic E-state index is 0.0626. The Labute approximate surface area is 241 Å². The Kier molecular flexibility index (Phi) is 11.7. The Hall–Kier alpha value is -3.43. The molecule has 222 valence electrons. The fraction of sp³-hybridized carbons (Fsp3) is 0.469. The molecule has 0 bridgehead atoms. The number of rotatable bonds is 15. The van der Waals surface area contributed by atoms with Gasteiger partial charge in [0.1, 0.15) is 11.6 Å². The van der Waals surface area contributed by atoms with Gasteiger partial charge in [0.05, 0.1) is 23.6 Å². The molecule has 0 saturated carbocycles. The Morgan fingerprint density at radius 3 is 2.32 bits per heavy atom. The molecule has 2 amide bonds. The molecular formula is C32H42F2N4O3. The average Bonchev–Trinajstić information content (AvgIpc) is 2.95.